The van der Waals surface area contributed by atoms with E-state index < -0.39 is 9.84 Å². The summed E-state index contributed by atoms with van der Waals surface area (Å²) in [5, 5.41) is 6.77. The lowest BCUT2D eigenvalue weighted by atomic mass is 10.1. The summed E-state index contributed by atoms with van der Waals surface area (Å²) in [4.78, 5) is 7.97. The van der Waals surface area contributed by atoms with E-state index in [1.54, 1.807) is 11.3 Å². The third-order valence-corrected chi connectivity index (χ3v) is 5.46. The maximum Gasteiger partial charge on any atom is 0.178 e. The molecule has 108 valence electrons. The van der Waals surface area contributed by atoms with Crippen molar-refractivity contribution in [2.45, 2.75) is 23.8 Å². The number of aromatic amines is 1. The smallest absolute Gasteiger partial charge is 0.178 e. The minimum atomic E-state index is -3.22. The minimum absolute atomic E-state index is 0.204. The van der Waals surface area contributed by atoms with Crippen molar-refractivity contribution >= 4 is 21.2 Å². The van der Waals surface area contributed by atoms with Gasteiger partial charge in [0.2, 0.25) is 0 Å². The van der Waals surface area contributed by atoms with Crippen molar-refractivity contribution in [1.29, 1.82) is 0 Å². The predicted molar refractivity (Wildman–Crippen MR) is 76.4 cm³/mol. The van der Waals surface area contributed by atoms with Crippen LogP contribution in [0.3, 0.4) is 0 Å². The van der Waals surface area contributed by atoms with Crippen LogP contribution < -0.4 is 0 Å². The van der Waals surface area contributed by atoms with Crippen LogP contribution in [0.15, 0.2) is 22.8 Å². The molecule has 0 aliphatic carbocycles. The highest BCUT2D eigenvalue weighted by molar-refractivity contribution is 7.90. The van der Waals surface area contributed by atoms with Crippen molar-refractivity contribution in [2.75, 3.05) is 19.3 Å². The number of hydrogen-bond acceptors (Lipinski definition) is 6. The molecule has 8 heteroatoms. The first-order valence-corrected chi connectivity index (χ1v) is 9.14. The second-order valence-corrected chi connectivity index (χ2v) is 8.06. The Morgan fingerprint density at radius 1 is 1.50 bits per heavy atom. The molecule has 0 amide bonds. The lowest BCUT2D eigenvalue weighted by molar-refractivity contribution is 0.328. The molecule has 3 heterocycles. The lowest BCUT2D eigenvalue weighted by Crippen LogP contribution is -2.19. The molecule has 1 N–H and O–H groups in total. The molecule has 1 unspecified atom stereocenters. The summed E-state index contributed by atoms with van der Waals surface area (Å²) in [5.74, 6) is 0.204. The summed E-state index contributed by atoms with van der Waals surface area (Å²) < 4.78 is 23.5. The monoisotopic (exact) mass is 312 g/mol. The standard InChI is InChI=1S/C12H16N4O2S2/c1-20(17,18)11-5-14-15-12(11)9-2-3-16(6-9)7-10-4-13-8-19-10/h4-5,8-9H,2-3,6-7H2,1H3,(H,14,15). The van der Waals surface area contributed by atoms with E-state index in [0.29, 0.717) is 4.90 Å². The first kappa shape index (κ1) is 13.7. The van der Waals surface area contributed by atoms with Crippen LogP contribution in [0.5, 0.6) is 0 Å². The summed E-state index contributed by atoms with van der Waals surface area (Å²) in [6, 6.07) is 0. The van der Waals surface area contributed by atoms with Crippen molar-refractivity contribution in [3.05, 3.63) is 28.5 Å². The molecule has 1 aliphatic heterocycles. The Labute approximate surface area is 121 Å². The predicted octanol–water partition coefficient (Wildman–Crippen LogP) is 1.26. The van der Waals surface area contributed by atoms with Gasteiger partial charge in [-0.3, -0.25) is 15.0 Å². The number of nitrogens with zero attached hydrogens (tertiary/aromatic N) is 3. The van der Waals surface area contributed by atoms with Crippen LogP contribution in [0.4, 0.5) is 0 Å². The van der Waals surface area contributed by atoms with Crippen molar-refractivity contribution < 1.29 is 8.42 Å². The Bertz CT molecular complexity index is 678. The first-order chi connectivity index (χ1) is 9.54. The highest BCUT2D eigenvalue weighted by atomic mass is 32.2. The summed E-state index contributed by atoms with van der Waals surface area (Å²) >= 11 is 1.65. The van der Waals surface area contributed by atoms with Gasteiger partial charge in [0, 0.05) is 36.3 Å². The van der Waals surface area contributed by atoms with E-state index in [0.717, 1.165) is 31.7 Å². The molecule has 3 rings (SSSR count). The third-order valence-electron chi connectivity index (χ3n) is 3.58. The van der Waals surface area contributed by atoms with E-state index in [-0.39, 0.29) is 5.92 Å². The van der Waals surface area contributed by atoms with E-state index in [2.05, 4.69) is 20.1 Å². The molecule has 0 aromatic carbocycles. The fourth-order valence-corrected chi connectivity index (χ4v) is 4.12. The van der Waals surface area contributed by atoms with Gasteiger partial charge < -0.3 is 0 Å². The molecule has 1 fully saturated rings. The number of nitrogens with one attached hydrogen (secondary N) is 1. The zero-order chi connectivity index (χ0) is 14.2. The van der Waals surface area contributed by atoms with Gasteiger partial charge in [0.25, 0.3) is 0 Å². The van der Waals surface area contributed by atoms with E-state index in [1.807, 2.05) is 11.7 Å². The van der Waals surface area contributed by atoms with Crippen molar-refractivity contribution in [3.8, 4) is 0 Å². The summed E-state index contributed by atoms with van der Waals surface area (Å²) in [5.41, 5.74) is 2.58. The third kappa shape index (κ3) is 2.77. The molecular weight excluding hydrogens is 296 g/mol. The Hall–Kier alpha value is -1.25. The van der Waals surface area contributed by atoms with Crippen molar-refractivity contribution in [1.82, 2.24) is 20.1 Å². The van der Waals surface area contributed by atoms with E-state index in [4.69, 9.17) is 0 Å². The van der Waals surface area contributed by atoms with Crippen LogP contribution in [0.1, 0.15) is 22.9 Å². The summed E-state index contributed by atoms with van der Waals surface area (Å²) in [6.45, 7) is 2.69. The SMILES string of the molecule is CS(=O)(=O)c1cn[nH]c1C1CCN(Cc2cncs2)C1. The second kappa shape index (κ2) is 5.27. The van der Waals surface area contributed by atoms with Gasteiger partial charge in [0.15, 0.2) is 9.84 Å². The fourth-order valence-electron chi connectivity index (χ4n) is 2.63. The average Bonchev–Trinajstić information content (AvgIpc) is 3.08. The zero-order valence-electron chi connectivity index (χ0n) is 11.1. The Morgan fingerprint density at radius 2 is 2.35 bits per heavy atom. The van der Waals surface area contributed by atoms with Gasteiger partial charge in [-0.2, -0.15) is 5.10 Å². The van der Waals surface area contributed by atoms with Crippen LogP contribution in [0, 0.1) is 0 Å². The number of H-pyrrole nitrogens is 1. The fraction of sp³-hybridized carbons (Fsp3) is 0.500. The number of rotatable bonds is 4. The van der Waals surface area contributed by atoms with Gasteiger partial charge >= 0.3 is 0 Å². The van der Waals surface area contributed by atoms with E-state index in [1.165, 1.54) is 17.3 Å². The van der Waals surface area contributed by atoms with Gasteiger partial charge in [0.1, 0.15) is 4.90 Å². The molecule has 6 nitrogen and oxygen atoms in total. The highest BCUT2D eigenvalue weighted by Crippen LogP contribution is 2.31. The van der Waals surface area contributed by atoms with Crippen LogP contribution >= 0.6 is 11.3 Å². The van der Waals surface area contributed by atoms with E-state index >= 15 is 0 Å². The summed E-state index contributed by atoms with van der Waals surface area (Å²) in [7, 11) is -3.22. The average molecular weight is 312 g/mol. The number of aromatic nitrogens is 3. The topological polar surface area (TPSA) is 79.0 Å². The Balaban J connectivity index is 1.73. The highest BCUT2D eigenvalue weighted by Gasteiger charge is 2.29. The molecule has 0 bridgehead atoms. The molecule has 0 saturated carbocycles. The molecule has 0 radical (unpaired) electrons. The maximum atomic E-state index is 11.7. The molecule has 20 heavy (non-hydrogen) atoms. The van der Waals surface area contributed by atoms with Gasteiger partial charge in [-0.25, -0.2) is 8.42 Å². The summed E-state index contributed by atoms with van der Waals surface area (Å²) in [6.07, 6.45) is 5.47. The molecule has 2 aromatic heterocycles. The quantitative estimate of drug-likeness (QED) is 0.919. The number of sulfone groups is 1. The van der Waals surface area contributed by atoms with Crippen molar-refractivity contribution in [3.63, 3.8) is 0 Å². The van der Waals surface area contributed by atoms with Crippen LogP contribution in [0.2, 0.25) is 0 Å². The van der Waals surface area contributed by atoms with Gasteiger partial charge in [0.05, 0.1) is 17.4 Å². The van der Waals surface area contributed by atoms with Gasteiger partial charge in [-0.15, -0.1) is 11.3 Å². The largest absolute Gasteiger partial charge is 0.298 e. The molecule has 2 aromatic rings. The number of thiazole rings is 1. The second-order valence-electron chi connectivity index (χ2n) is 5.11. The van der Waals surface area contributed by atoms with Gasteiger partial charge in [-0.1, -0.05) is 0 Å². The lowest BCUT2D eigenvalue weighted by Gasteiger charge is -2.14. The number of hydrogen-bond donors (Lipinski definition) is 1. The Morgan fingerprint density at radius 3 is 3.05 bits per heavy atom. The molecule has 1 atom stereocenters. The van der Waals surface area contributed by atoms with Crippen LogP contribution in [0.25, 0.3) is 0 Å². The molecule has 1 saturated heterocycles. The Kier molecular flexibility index (Phi) is 3.61. The van der Waals surface area contributed by atoms with E-state index in [9.17, 15) is 8.42 Å². The normalized spacial score (nSPS) is 20.6. The van der Waals surface area contributed by atoms with Crippen LogP contribution in [-0.2, 0) is 16.4 Å². The number of likely N-dealkylation sites (tertiary alicyclic amines) is 1. The maximum absolute atomic E-state index is 11.7. The molecule has 1 aliphatic rings. The van der Waals surface area contributed by atoms with Crippen LogP contribution in [-0.4, -0.2) is 47.8 Å². The minimum Gasteiger partial charge on any atom is -0.298 e. The van der Waals surface area contributed by atoms with Gasteiger partial charge in [-0.05, 0) is 13.0 Å². The van der Waals surface area contributed by atoms with Crippen molar-refractivity contribution in [2.24, 2.45) is 0 Å². The zero-order valence-corrected chi connectivity index (χ0v) is 12.7. The first-order valence-electron chi connectivity index (χ1n) is 6.37. The molecule has 0 spiro atoms. The molecular formula is C12H16N4O2S2.